The van der Waals surface area contributed by atoms with Crippen molar-refractivity contribution in [1.29, 1.82) is 0 Å². The summed E-state index contributed by atoms with van der Waals surface area (Å²) in [6.45, 7) is 0. The van der Waals surface area contributed by atoms with Gasteiger partial charge >= 0.3 is 0 Å². The zero-order chi connectivity index (χ0) is 16.5. The van der Waals surface area contributed by atoms with Gasteiger partial charge in [0.1, 0.15) is 23.0 Å². The number of rotatable bonds is 4. The first-order chi connectivity index (χ1) is 11.7. The molecule has 0 spiro atoms. The summed E-state index contributed by atoms with van der Waals surface area (Å²) in [5, 5.41) is 6.36. The second kappa shape index (κ2) is 5.84. The van der Waals surface area contributed by atoms with E-state index >= 15 is 0 Å². The average molecular weight is 324 g/mol. The SMILES string of the molecule is O=C(Nc1cc(-c2ccccc2F)no1)c1ccnc(C2CC2)n1. The van der Waals surface area contributed by atoms with Gasteiger partial charge in [0.2, 0.25) is 5.88 Å². The molecule has 24 heavy (non-hydrogen) atoms. The summed E-state index contributed by atoms with van der Waals surface area (Å²) in [7, 11) is 0. The molecule has 1 saturated carbocycles. The van der Waals surface area contributed by atoms with Gasteiger partial charge in [-0.15, -0.1) is 0 Å². The molecule has 4 rings (SSSR count). The minimum Gasteiger partial charge on any atom is -0.338 e. The Bertz CT molecular complexity index is 905. The lowest BCUT2D eigenvalue weighted by atomic mass is 10.1. The van der Waals surface area contributed by atoms with Crippen LogP contribution in [0, 0.1) is 5.82 Å². The van der Waals surface area contributed by atoms with Crippen LogP contribution in [0.2, 0.25) is 0 Å². The predicted octanol–water partition coefficient (Wildman–Crippen LogP) is 3.40. The van der Waals surface area contributed by atoms with E-state index in [0.717, 1.165) is 12.8 Å². The lowest BCUT2D eigenvalue weighted by Gasteiger charge is -2.02. The van der Waals surface area contributed by atoms with E-state index in [-0.39, 0.29) is 11.6 Å². The fraction of sp³-hybridized carbons (Fsp3) is 0.176. The molecule has 1 fully saturated rings. The maximum absolute atomic E-state index is 13.8. The fourth-order valence-corrected chi connectivity index (χ4v) is 2.34. The molecule has 0 bridgehead atoms. The standard InChI is InChI=1S/C17H13FN4O2/c18-12-4-2-1-3-11(12)14-9-15(24-22-14)21-17(23)13-7-8-19-16(20-13)10-5-6-10/h1-4,7-10H,5-6H2,(H,21,23). The summed E-state index contributed by atoms with van der Waals surface area (Å²) in [5.74, 6) is 0.344. The molecule has 3 aromatic rings. The Morgan fingerprint density at radius 1 is 1.25 bits per heavy atom. The van der Waals surface area contributed by atoms with Crippen molar-refractivity contribution in [3.8, 4) is 11.3 Å². The average Bonchev–Trinajstić information content (AvgIpc) is 3.36. The summed E-state index contributed by atoms with van der Waals surface area (Å²) < 4.78 is 18.8. The van der Waals surface area contributed by atoms with Crippen molar-refractivity contribution in [3.63, 3.8) is 0 Å². The Morgan fingerprint density at radius 3 is 2.88 bits per heavy atom. The largest absolute Gasteiger partial charge is 0.338 e. The molecule has 7 heteroatoms. The molecule has 0 radical (unpaired) electrons. The number of aromatic nitrogens is 3. The third-order valence-corrected chi connectivity index (χ3v) is 3.75. The summed E-state index contributed by atoms with van der Waals surface area (Å²) in [4.78, 5) is 20.7. The summed E-state index contributed by atoms with van der Waals surface area (Å²) in [5.41, 5.74) is 0.875. The van der Waals surface area contributed by atoms with E-state index in [2.05, 4.69) is 20.4 Å². The van der Waals surface area contributed by atoms with E-state index in [4.69, 9.17) is 4.52 Å². The highest BCUT2D eigenvalue weighted by Crippen LogP contribution is 2.37. The summed E-state index contributed by atoms with van der Waals surface area (Å²) in [6.07, 6.45) is 3.68. The molecule has 1 amide bonds. The zero-order valence-electron chi connectivity index (χ0n) is 12.6. The quantitative estimate of drug-likeness (QED) is 0.795. The van der Waals surface area contributed by atoms with E-state index in [9.17, 15) is 9.18 Å². The van der Waals surface area contributed by atoms with E-state index in [1.54, 1.807) is 24.4 Å². The summed E-state index contributed by atoms with van der Waals surface area (Å²) >= 11 is 0. The van der Waals surface area contributed by atoms with Gasteiger partial charge in [-0.1, -0.05) is 17.3 Å². The van der Waals surface area contributed by atoms with Crippen LogP contribution in [0.4, 0.5) is 10.3 Å². The van der Waals surface area contributed by atoms with Crippen molar-refractivity contribution in [2.24, 2.45) is 0 Å². The highest BCUT2D eigenvalue weighted by atomic mass is 19.1. The molecule has 1 aromatic carbocycles. The van der Waals surface area contributed by atoms with Gasteiger partial charge in [0.05, 0.1) is 0 Å². The number of anilines is 1. The number of carbonyl (C=O) groups excluding carboxylic acids is 1. The lowest BCUT2D eigenvalue weighted by molar-refractivity contribution is 0.101. The van der Waals surface area contributed by atoms with Gasteiger partial charge in [0.25, 0.3) is 5.91 Å². The van der Waals surface area contributed by atoms with E-state index in [0.29, 0.717) is 23.0 Å². The van der Waals surface area contributed by atoms with Crippen LogP contribution in [0.5, 0.6) is 0 Å². The van der Waals surface area contributed by atoms with Crippen LogP contribution in [-0.4, -0.2) is 21.0 Å². The predicted molar refractivity (Wildman–Crippen MR) is 83.9 cm³/mol. The molecule has 2 aromatic heterocycles. The number of nitrogens with one attached hydrogen (secondary N) is 1. The maximum Gasteiger partial charge on any atom is 0.276 e. The van der Waals surface area contributed by atoms with Crippen molar-refractivity contribution < 1.29 is 13.7 Å². The lowest BCUT2D eigenvalue weighted by Crippen LogP contribution is -2.14. The minimum atomic E-state index is -0.421. The van der Waals surface area contributed by atoms with Gasteiger partial charge in [-0.2, -0.15) is 0 Å². The van der Waals surface area contributed by atoms with E-state index < -0.39 is 11.7 Å². The topological polar surface area (TPSA) is 80.9 Å². The normalized spacial score (nSPS) is 13.7. The number of carbonyl (C=O) groups is 1. The molecule has 6 nitrogen and oxygen atoms in total. The fourth-order valence-electron chi connectivity index (χ4n) is 2.34. The molecule has 0 unspecified atom stereocenters. The Morgan fingerprint density at radius 2 is 2.08 bits per heavy atom. The van der Waals surface area contributed by atoms with Crippen LogP contribution in [0.25, 0.3) is 11.3 Å². The first-order valence-electron chi connectivity index (χ1n) is 7.56. The van der Waals surface area contributed by atoms with E-state index in [1.807, 2.05) is 0 Å². The van der Waals surface area contributed by atoms with Crippen molar-refractivity contribution in [2.45, 2.75) is 18.8 Å². The minimum absolute atomic E-state index is 0.129. The molecule has 2 heterocycles. The number of hydrogen-bond acceptors (Lipinski definition) is 5. The number of amides is 1. The van der Waals surface area contributed by atoms with Crippen LogP contribution < -0.4 is 5.32 Å². The van der Waals surface area contributed by atoms with Crippen LogP contribution in [-0.2, 0) is 0 Å². The van der Waals surface area contributed by atoms with Crippen molar-refractivity contribution in [2.75, 3.05) is 5.32 Å². The first-order valence-corrected chi connectivity index (χ1v) is 7.56. The van der Waals surface area contributed by atoms with Crippen molar-refractivity contribution in [3.05, 3.63) is 59.9 Å². The van der Waals surface area contributed by atoms with Crippen LogP contribution in [0.15, 0.2) is 47.1 Å². The third kappa shape index (κ3) is 2.88. The van der Waals surface area contributed by atoms with Gasteiger partial charge in [0.15, 0.2) is 0 Å². The molecular formula is C17H13FN4O2. The Kier molecular flexibility index (Phi) is 3.53. The maximum atomic E-state index is 13.8. The monoisotopic (exact) mass is 324 g/mol. The molecule has 120 valence electrons. The molecule has 0 aliphatic heterocycles. The smallest absolute Gasteiger partial charge is 0.276 e. The van der Waals surface area contributed by atoms with Crippen molar-refractivity contribution in [1.82, 2.24) is 15.1 Å². The molecule has 0 atom stereocenters. The molecular weight excluding hydrogens is 311 g/mol. The first kappa shape index (κ1) is 14.5. The van der Waals surface area contributed by atoms with Gasteiger partial charge in [-0.05, 0) is 31.0 Å². The zero-order valence-corrected chi connectivity index (χ0v) is 12.6. The van der Waals surface area contributed by atoms with E-state index in [1.165, 1.54) is 18.2 Å². The van der Waals surface area contributed by atoms with Crippen LogP contribution in [0.1, 0.15) is 35.1 Å². The van der Waals surface area contributed by atoms with Gasteiger partial charge < -0.3 is 4.52 Å². The Hall–Kier alpha value is -3.09. The van der Waals surface area contributed by atoms with Crippen LogP contribution in [0.3, 0.4) is 0 Å². The Balaban J connectivity index is 1.52. The molecule has 1 aliphatic rings. The number of benzene rings is 1. The second-order valence-electron chi connectivity index (χ2n) is 5.58. The molecule has 1 N–H and O–H groups in total. The highest BCUT2D eigenvalue weighted by molar-refractivity contribution is 6.02. The molecule has 0 saturated heterocycles. The van der Waals surface area contributed by atoms with Gasteiger partial charge in [-0.3, -0.25) is 10.1 Å². The van der Waals surface area contributed by atoms with Crippen LogP contribution >= 0.6 is 0 Å². The number of halogens is 1. The summed E-state index contributed by atoms with van der Waals surface area (Å²) in [6, 6.07) is 9.22. The van der Waals surface area contributed by atoms with Gasteiger partial charge in [0, 0.05) is 23.7 Å². The second-order valence-corrected chi connectivity index (χ2v) is 5.58. The number of nitrogens with zero attached hydrogens (tertiary/aromatic N) is 3. The Labute approximate surface area is 136 Å². The number of hydrogen-bond donors (Lipinski definition) is 1. The van der Waals surface area contributed by atoms with Crippen molar-refractivity contribution >= 4 is 11.8 Å². The highest BCUT2D eigenvalue weighted by Gasteiger charge is 2.27. The third-order valence-electron chi connectivity index (χ3n) is 3.75. The van der Waals surface area contributed by atoms with Gasteiger partial charge in [-0.25, -0.2) is 14.4 Å². The molecule has 1 aliphatic carbocycles.